The molecule has 0 aromatic heterocycles. The first-order chi connectivity index (χ1) is 9.61. The quantitative estimate of drug-likeness (QED) is 0.903. The van der Waals surface area contributed by atoms with Crippen molar-refractivity contribution in [3.8, 4) is 5.75 Å². The van der Waals surface area contributed by atoms with Gasteiger partial charge in [-0.2, -0.15) is 0 Å². The van der Waals surface area contributed by atoms with E-state index in [9.17, 15) is 8.78 Å². The van der Waals surface area contributed by atoms with Gasteiger partial charge in [-0.25, -0.2) is 8.78 Å². The zero-order valence-corrected chi connectivity index (χ0v) is 11.7. The molecule has 0 aliphatic rings. The molecule has 0 amide bonds. The standard InChI is InChI=1S/C15H14ClF2NO/c1-19-8-10-3-2-4-13(16)15(10)20-9-11-7-12(17)5-6-14(11)18/h2-7,19H,8-9H2,1H3. The predicted molar refractivity (Wildman–Crippen MR) is 74.9 cm³/mol. The summed E-state index contributed by atoms with van der Waals surface area (Å²) in [5.41, 5.74) is 1.01. The maximum absolute atomic E-state index is 13.5. The Kier molecular flexibility index (Phi) is 4.93. The highest BCUT2D eigenvalue weighted by Crippen LogP contribution is 2.29. The molecular formula is C15H14ClF2NO. The Hall–Kier alpha value is -1.65. The maximum atomic E-state index is 13.5. The van der Waals surface area contributed by atoms with Gasteiger partial charge in [0.25, 0.3) is 0 Å². The van der Waals surface area contributed by atoms with E-state index in [1.54, 1.807) is 13.1 Å². The highest BCUT2D eigenvalue weighted by Gasteiger charge is 2.10. The number of nitrogens with one attached hydrogen (secondary N) is 1. The summed E-state index contributed by atoms with van der Waals surface area (Å²) in [6.07, 6.45) is 0. The van der Waals surface area contributed by atoms with Crippen LogP contribution in [0.4, 0.5) is 8.78 Å². The zero-order valence-electron chi connectivity index (χ0n) is 10.9. The molecule has 0 atom stereocenters. The van der Waals surface area contributed by atoms with Crippen molar-refractivity contribution < 1.29 is 13.5 Å². The average Bonchev–Trinajstić information content (AvgIpc) is 2.42. The summed E-state index contributed by atoms with van der Waals surface area (Å²) < 4.78 is 32.2. The Balaban J connectivity index is 2.20. The number of hydrogen-bond donors (Lipinski definition) is 1. The molecular weight excluding hydrogens is 284 g/mol. The molecule has 106 valence electrons. The first kappa shape index (κ1) is 14.8. The number of benzene rings is 2. The lowest BCUT2D eigenvalue weighted by Gasteiger charge is -2.13. The molecule has 0 spiro atoms. The van der Waals surface area contributed by atoms with E-state index in [1.165, 1.54) is 0 Å². The molecule has 2 aromatic carbocycles. The summed E-state index contributed by atoms with van der Waals surface area (Å²) in [5.74, 6) is -0.527. The van der Waals surface area contributed by atoms with Crippen molar-refractivity contribution in [1.29, 1.82) is 0 Å². The number of rotatable bonds is 5. The van der Waals surface area contributed by atoms with Crippen LogP contribution >= 0.6 is 11.6 Å². The number of hydrogen-bond acceptors (Lipinski definition) is 2. The summed E-state index contributed by atoms with van der Waals surface area (Å²) in [6, 6.07) is 8.63. The Bertz CT molecular complexity index is 604. The summed E-state index contributed by atoms with van der Waals surface area (Å²) in [6.45, 7) is 0.492. The van der Waals surface area contributed by atoms with Crippen LogP contribution in [0.3, 0.4) is 0 Å². The van der Waals surface area contributed by atoms with Crippen molar-refractivity contribution >= 4 is 11.6 Å². The van der Waals surface area contributed by atoms with Gasteiger partial charge in [0.1, 0.15) is 24.0 Å². The van der Waals surface area contributed by atoms with E-state index in [4.69, 9.17) is 16.3 Å². The Morgan fingerprint density at radius 3 is 2.70 bits per heavy atom. The van der Waals surface area contributed by atoms with Crippen LogP contribution in [-0.4, -0.2) is 7.05 Å². The summed E-state index contributed by atoms with van der Waals surface area (Å²) >= 11 is 6.08. The van der Waals surface area contributed by atoms with Crippen LogP contribution in [0.2, 0.25) is 5.02 Å². The number of halogens is 3. The van der Waals surface area contributed by atoms with Gasteiger partial charge in [-0.1, -0.05) is 23.7 Å². The van der Waals surface area contributed by atoms with Gasteiger partial charge in [-0.3, -0.25) is 0 Å². The Morgan fingerprint density at radius 2 is 1.95 bits per heavy atom. The zero-order chi connectivity index (χ0) is 14.5. The van der Waals surface area contributed by atoms with Gasteiger partial charge in [-0.15, -0.1) is 0 Å². The van der Waals surface area contributed by atoms with Gasteiger partial charge in [0.2, 0.25) is 0 Å². The Labute approximate surface area is 121 Å². The lowest BCUT2D eigenvalue weighted by atomic mass is 10.2. The second-order valence-corrected chi connectivity index (χ2v) is 4.69. The van der Waals surface area contributed by atoms with Gasteiger partial charge in [0, 0.05) is 17.7 Å². The third kappa shape index (κ3) is 3.46. The van der Waals surface area contributed by atoms with E-state index in [2.05, 4.69) is 5.32 Å². The highest BCUT2D eigenvalue weighted by molar-refractivity contribution is 6.32. The van der Waals surface area contributed by atoms with Crippen molar-refractivity contribution in [1.82, 2.24) is 5.32 Å². The molecule has 0 aliphatic carbocycles. The molecule has 2 rings (SSSR count). The molecule has 2 nitrogen and oxygen atoms in total. The Morgan fingerprint density at radius 1 is 1.15 bits per heavy atom. The second kappa shape index (κ2) is 6.68. The van der Waals surface area contributed by atoms with Crippen LogP contribution < -0.4 is 10.1 Å². The SMILES string of the molecule is CNCc1cccc(Cl)c1OCc1cc(F)ccc1F. The number of ether oxygens (including phenoxy) is 1. The van der Waals surface area contributed by atoms with Crippen molar-refractivity contribution in [2.24, 2.45) is 0 Å². The van der Waals surface area contributed by atoms with Crippen molar-refractivity contribution in [2.45, 2.75) is 13.2 Å². The average molecular weight is 298 g/mol. The van der Waals surface area contributed by atoms with Crippen LogP contribution in [0.15, 0.2) is 36.4 Å². The normalized spacial score (nSPS) is 10.6. The molecule has 1 N–H and O–H groups in total. The minimum Gasteiger partial charge on any atom is -0.487 e. The van der Waals surface area contributed by atoms with Crippen LogP contribution in [0, 0.1) is 11.6 Å². The van der Waals surface area contributed by atoms with E-state index in [0.29, 0.717) is 17.3 Å². The maximum Gasteiger partial charge on any atom is 0.142 e. The van der Waals surface area contributed by atoms with Crippen molar-refractivity contribution in [3.63, 3.8) is 0 Å². The largest absolute Gasteiger partial charge is 0.487 e. The van der Waals surface area contributed by atoms with E-state index < -0.39 is 11.6 Å². The van der Waals surface area contributed by atoms with Crippen LogP contribution in [-0.2, 0) is 13.2 Å². The first-order valence-electron chi connectivity index (χ1n) is 6.10. The van der Waals surface area contributed by atoms with E-state index in [0.717, 1.165) is 23.8 Å². The lowest BCUT2D eigenvalue weighted by molar-refractivity contribution is 0.295. The third-order valence-corrected chi connectivity index (χ3v) is 3.09. The van der Waals surface area contributed by atoms with E-state index >= 15 is 0 Å². The predicted octanol–water partition coefficient (Wildman–Crippen LogP) is 3.92. The van der Waals surface area contributed by atoms with Crippen LogP contribution in [0.25, 0.3) is 0 Å². The van der Waals surface area contributed by atoms with Gasteiger partial charge in [-0.05, 0) is 31.3 Å². The first-order valence-corrected chi connectivity index (χ1v) is 6.48. The number of para-hydroxylation sites is 1. The molecule has 0 saturated carbocycles. The van der Waals surface area contributed by atoms with Crippen molar-refractivity contribution in [2.75, 3.05) is 7.05 Å². The highest BCUT2D eigenvalue weighted by atomic mass is 35.5. The molecule has 0 saturated heterocycles. The van der Waals surface area contributed by atoms with Gasteiger partial charge in [0.05, 0.1) is 5.02 Å². The fourth-order valence-corrected chi connectivity index (χ4v) is 2.10. The van der Waals surface area contributed by atoms with Crippen LogP contribution in [0.5, 0.6) is 5.75 Å². The van der Waals surface area contributed by atoms with Gasteiger partial charge < -0.3 is 10.1 Å². The molecule has 20 heavy (non-hydrogen) atoms. The summed E-state index contributed by atoms with van der Waals surface area (Å²) in [7, 11) is 1.80. The minimum absolute atomic E-state index is 0.0793. The topological polar surface area (TPSA) is 21.3 Å². The van der Waals surface area contributed by atoms with E-state index in [-0.39, 0.29) is 12.2 Å². The monoisotopic (exact) mass is 297 g/mol. The van der Waals surface area contributed by atoms with Gasteiger partial charge in [0.15, 0.2) is 0 Å². The van der Waals surface area contributed by atoms with Gasteiger partial charge >= 0.3 is 0 Å². The molecule has 0 heterocycles. The van der Waals surface area contributed by atoms with E-state index in [1.807, 2.05) is 12.1 Å². The smallest absolute Gasteiger partial charge is 0.142 e. The van der Waals surface area contributed by atoms with Crippen molar-refractivity contribution in [3.05, 3.63) is 64.2 Å². The lowest BCUT2D eigenvalue weighted by Crippen LogP contribution is -2.08. The molecule has 0 fully saturated rings. The molecule has 0 radical (unpaired) electrons. The molecule has 0 aliphatic heterocycles. The molecule has 0 bridgehead atoms. The minimum atomic E-state index is -0.506. The third-order valence-electron chi connectivity index (χ3n) is 2.80. The fraction of sp³-hybridized carbons (Fsp3) is 0.200. The summed E-state index contributed by atoms with van der Waals surface area (Å²) in [4.78, 5) is 0. The summed E-state index contributed by atoms with van der Waals surface area (Å²) in [5, 5.41) is 3.44. The molecule has 5 heteroatoms. The molecule has 2 aromatic rings. The molecule has 0 unspecified atom stereocenters. The fourth-order valence-electron chi connectivity index (χ4n) is 1.85. The second-order valence-electron chi connectivity index (χ2n) is 4.28. The van der Waals surface area contributed by atoms with Crippen LogP contribution in [0.1, 0.15) is 11.1 Å².